The fourth-order valence-corrected chi connectivity index (χ4v) is 0.443. The van der Waals surface area contributed by atoms with Crippen LogP contribution in [0.4, 0.5) is 4.39 Å². The lowest BCUT2D eigenvalue weighted by Gasteiger charge is -1.88. The van der Waals surface area contributed by atoms with Gasteiger partial charge in [0.1, 0.15) is 0 Å². The first-order valence-electron chi connectivity index (χ1n) is 2.68. The van der Waals surface area contributed by atoms with Crippen LogP contribution in [0.3, 0.4) is 0 Å². The Morgan fingerprint density at radius 1 is 1.67 bits per heavy atom. The van der Waals surface area contributed by atoms with Crippen molar-refractivity contribution in [3.63, 3.8) is 0 Å². The summed E-state index contributed by atoms with van der Waals surface area (Å²) < 4.78 is 12.3. The molecule has 0 aromatic carbocycles. The number of halogens is 1. The molecule has 0 aromatic rings. The smallest absolute Gasteiger partial charge is 0.215 e. The van der Waals surface area contributed by atoms with E-state index < -0.39 is 5.95 Å². The summed E-state index contributed by atoms with van der Waals surface area (Å²) in [5.41, 5.74) is 0.507. The van der Waals surface area contributed by atoms with Crippen molar-refractivity contribution in [3.8, 4) is 0 Å². The zero-order valence-electron chi connectivity index (χ0n) is 5.69. The van der Waals surface area contributed by atoms with Crippen molar-refractivity contribution in [2.24, 2.45) is 4.99 Å². The molecule has 0 saturated carbocycles. The molecule has 0 saturated heterocycles. The van der Waals surface area contributed by atoms with Crippen molar-refractivity contribution in [3.05, 3.63) is 23.7 Å². The summed E-state index contributed by atoms with van der Waals surface area (Å²) in [7, 11) is 0. The lowest BCUT2D eigenvalue weighted by atomic mass is 10.3. The largest absolute Gasteiger partial charge is 0.236 e. The molecule has 0 radical (unpaired) electrons. The zero-order chi connectivity index (χ0) is 7.28. The summed E-state index contributed by atoms with van der Waals surface area (Å²) in [6.07, 6.45) is 3.39. The van der Waals surface area contributed by atoms with Gasteiger partial charge in [0.2, 0.25) is 5.95 Å². The highest BCUT2D eigenvalue weighted by molar-refractivity contribution is 5.30. The van der Waals surface area contributed by atoms with E-state index in [0.717, 1.165) is 0 Å². The van der Waals surface area contributed by atoms with E-state index in [9.17, 15) is 4.39 Å². The summed E-state index contributed by atoms with van der Waals surface area (Å²) in [4.78, 5) is 3.12. The Kier molecular flexibility index (Phi) is 3.60. The van der Waals surface area contributed by atoms with Gasteiger partial charge < -0.3 is 0 Å². The van der Waals surface area contributed by atoms with Crippen LogP contribution >= 0.6 is 0 Å². The molecule has 0 atom stereocenters. The number of allylic oxidation sites excluding steroid dienone is 3. The molecule has 2 heteroatoms. The van der Waals surface area contributed by atoms with Crippen molar-refractivity contribution in [1.82, 2.24) is 0 Å². The molecule has 0 amide bonds. The topological polar surface area (TPSA) is 12.4 Å². The van der Waals surface area contributed by atoms with Gasteiger partial charge in [0.15, 0.2) is 0 Å². The molecule has 0 aliphatic heterocycles. The summed E-state index contributed by atoms with van der Waals surface area (Å²) in [6, 6.07) is 0. The van der Waals surface area contributed by atoms with Crippen LogP contribution in [0.2, 0.25) is 0 Å². The Morgan fingerprint density at radius 2 is 2.22 bits per heavy atom. The molecule has 0 N–H and O–H groups in total. The molecular formula is C7H10FN. The second-order valence-corrected chi connectivity index (χ2v) is 1.63. The van der Waals surface area contributed by atoms with Gasteiger partial charge in [-0.25, -0.2) is 4.99 Å². The normalized spacial score (nSPS) is 13.7. The summed E-state index contributed by atoms with van der Waals surface area (Å²) in [6.45, 7) is 6.51. The first-order valence-corrected chi connectivity index (χ1v) is 2.68. The molecule has 0 unspecified atom stereocenters. The SMILES string of the molecule is C=N/C(F)=C(C)\C=C/C. The van der Waals surface area contributed by atoms with Crippen molar-refractivity contribution >= 4 is 6.72 Å². The zero-order valence-corrected chi connectivity index (χ0v) is 5.69. The van der Waals surface area contributed by atoms with Crippen LogP contribution in [0.25, 0.3) is 0 Å². The van der Waals surface area contributed by atoms with Crippen LogP contribution in [-0.2, 0) is 0 Å². The van der Waals surface area contributed by atoms with Gasteiger partial charge in [0.25, 0.3) is 0 Å². The maximum absolute atomic E-state index is 12.3. The standard InChI is InChI=1S/C7H10FN/c1-4-5-6(2)7(8)9-3/h4-5H,3H2,1-2H3/b5-4-,7-6-. The third-order valence-electron chi connectivity index (χ3n) is 0.881. The van der Waals surface area contributed by atoms with E-state index in [-0.39, 0.29) is 0 Å². The molecule has 0 spiro atoms. The van der Waals surface area contributed by atoms with E-state index in [0.29, 0.717) is 5.57 Å². The van der Waals surface area contributed by atoms with E-state index in [1.807, 2.05) is 6.92 Å². The van der Waals surface area contributed by atoms with Gasteiger partial charge in [0, 0.05) is 5.57 Å². The maximum atomic E-state index is 12.3. The monoisotopic (exact) mass is 127 g/mol. The molecule has 50 valence electrons. The first kappa shape index (κ1) is 8.08. The minimum Gasteiger partial charge on any atom is -0.236 e. The molecule has 0 fully saturated rings. The fourth-order valence-electron chi connectivity index (χ4n) is 0.443. The van der Waals surface area contributed by atoms with E-state index in [1.165, 1.54) is 0 Å². The summed E-state index contributed by atoms with van der Waals surface area (Å²) in [5, 5.41) is 0. The molecule has 0 aliphatic rings. The van der Waals surface area contributed by atoms with Gasteiger partial charge in [-0.2, -0.15) is 4.39 Å². The van der Waals surface area contributed by atoms with Gasteiger partial charge in [-0.3, -0.25) is 0 Å². The molecule has 0 rings (SSSR count). The van der Waals surface area contributed by atoms with Gasteiger partial charge in [-0.05, 0) is 20.6 Å². The summed E-state index contributed by atoms with van der Waals surface area (Å²) >= 11 is 0. The van der Waals surface area contributed by atoms with Crippen molar-refractivity contribution < 1.29 is 4.39 Å². The van der Waals surface area contributed by atoms with Gasteiger partial charge in [-0.1, -0.05) is 12.2 Å². The lowest BCUT2D eigenvalue weighted by Crippen LogP contribution is -1.71. The molecule has 0 bridgehead atoms. The number of nitrogens with zero attached hydrogens (tertiary/aromatic N) is 1. The third-order valence-corrected chi connectivity index (χ3v) is 0.881. The molecule has 0 aromatic heterocycles. The average Bonchev–Trinajstić information content (AvgIpc) is 1.87. The number of rotatable bonds is 2. The maximum Gasteiger partial charge on any atom is 0.215 e. The minimum atomic E-state index is -0.506. The summed E-state index contributed by atoms with van der Waals surface area (Å²) in [5.74, 6) is -0.506. The lowest BCUT2D eigenvalue weighted by molar-refractivity contribution is 0.621. The van der Waals surface area contributed by atoms with Crippen molar-refractivity contribution in [1.29, 1.82) is 0 Å². The van der Waals surface area contributed by atoms with E-state index in [2.05, 4.69) is 11.7 Å². The minimum absolute atomic E-state index is 0.506. The number of aliphatic imine (C=N–C) groups is 1. The Balaban J connectivity index is 4.27. The van der Waals surface area contributed by atoms with Crippen LogP contribution in [0.15, 0.2) is 28.7 Å². The van der Waals surface area contributed by atoms with E-state index in [4.69, 9.17) is 0 Å². The Labute approximate surface area is 54.6 Å². The molecule has 0 heterocycles. The highest BCUT2D eigenvalue weighted by Gasteiger charge is 1.90. The van der Waals surface area contributed by atoms with E-state index in [1.54, 1.807) is 19.1 Å². The van der Waals surface area contributed by atoms with Gasteiger partial charge in [0.05, 0.1) is 0 Å². The predicted octanol–water partition coefficient (Wildman–Crippen LogP) is 2.46. The molecule has 0 aliphatic carbocycles. The van der Waals surface area contributed by atoms with Gasteiger partial charge >= 0.3 is 0 Å². The van der Waals surface area contributed by atoms with Crippen molar-refractivity contribution in [2.45, 2.75) is 13.8 Å². The number of hydrogen-bond acceptors (Lipinski definition) is 1. The van der Waals surface area contributed by atoms with Gasteiger partial charge in [-0.15, -0.1) is 0 Å². The van der Waals surface area contributed by atoms with Crippen molar-refractivity contribution in [2.75, 3.05) is 0 Å². The van der Waals surface area contributed by atoms with E-state index >= 15 is 0 Å². The Morgan fingerprint density at radius 3 is 2.56 bits per heavy atom. The first-order chi connectivity index (χ1) is 4.22. The van der Waals surface area contributed by atoms with Crippen LogP contribution in [0.5, 0.6) is 0 Å². The van der Waals surface area contributed by atoms with Crippen LogP contribution in [0.1, 0.15) is 13.8 Å². The molecular weight excluding hydrogens is 117 g/mol. The molecule has 1 nitrogen and oxygen atoms in total. The van der Waals surface area contributed by atoms with Crippen LogP contribution < -0.4 is 0 Å². The van der Waals surface area contributed by atoms with Crippen LogP contribution in [-0.4, -0.2) is 6.72 Å². The third kappa shape index (κ3) is 2.80. The second-order valence-electron chi connectivity index (χ2n) is 1.63. The second kappa shape index (κ2) is 4.01. The molecule has 9 heavy (non-hydrogen) atoms. The fraction of sp³-hybridized carbons (Fsp3) is 0.286. The predicted molar refractivity (Wildman–Crippen MR) is 38.2 cm³/mol. The quantitative estimate of drug-likeness (QED) is 0.307. The Bertz CT molecular complexity index is 156. The number of hydrogen-bond donors (Lipinski definition) is 0. The van der Waals surface area contributed by atoms with Crippen LogP contribution in [0, 0.1) is 0 Å². The highest BCUT2D eigenvalue weighted by atomic mass is 19.1. The highest BCUT2D eigenvalue weighted by Crippen LogP contribution is 2.06. The Hall–Kier alpha value is -0.920. The average molecular weight is 127 g/mol.